The summed E-state index contributed by atoms with van der Waals surface area (Å²) < 4.78 is 4.73. The molecule has 24 heavy (non-hydrogen) atoms. The maximum Gasteiger partial charge on any atom is 0.305 e. The molecule has 1 aliphatic heterocycles. The van der Waals surface area contributed by atoms with Crippen LogP contribution in [0.2, 0.25) is 0 Å². The lowest BCUT2D eigenvalue weighted by Gasteiger charge is -2.43. The van der Waals surface area contributed by atoms with Crippen molar-refractivity contribution in [2.24, 2.45) is 5.41 Å². The van der Waals surface area contributed by atoms with E-state index >= 15 is 0 Å². The van der Waals surface area contributed by atoms with E-state index < -0.39 is 0 Å². The number of amides is 1. The number of hydrogen-bond acceptors (Lipinski definition) is 3. The molecule has 0 saturated carbocycles. The van der Waals surface area contributed by atoms with Gasteiger partial charge in [0.2, 0.25) is 0 Å². The topological polar surface area (TPSA) is 46.6 Å². The van der Waals surface area contributed by atoms with Gasteiger partial charge in [-0.1, -0.05) is 24.3 Å². The molecular weight excluding hydrogens is 302 g/mol. The second-order valence-corrected chi connectivity index (χ2v) is 6.62. The average Bonchev–Trinajstić information content (AvgIpc) is 2.62. The van der Waals surface area contributed by atoms with Gasteiger partial charge < -0.3 is 9.64 Å². The molecule has 0 unspecified atom stereocenters. The second kappa shape index (κ2) is 8.67. The normalized spacial score (nSPS) is 20.5. The van der Waals surface area contributed by atoms with Crippen molar-refractivity contribution in [3.63, 3.8) is 0 Å². The van der Waals surface area contributed by atoms with Crippen LogP contribution in [0.5, 0.6) is 0 Å². The molecule has 0 spiro atoms. The van der Waals surface area contributed by atoms with E-state index in [0.717, 1.165) is 50.8 Å². The van der Waals surface area contributed by atoms with Gasteiger partial charge in [-0.3, -0.25) is 9.59 Å². The van der Waals surface area contributed by atoms with Crippen molar-refractivity contribution in [2.75, 3.05) is 20.2 Å². The Morgan fingerprint density at radius 2 is 2.08 bits per heavy atom. The van der Waals surface area contributed by atoms with Gasteiger partial charge in [0.1, 0.15) is 0 Å². The number of nitrogens with zero attached hydrogens (tertiary/aromatic N) is 1. The molecule has 1 amide bonds. The highest BCUT2D eigenvalue weighted by Crippen LogP contribution is 2.39. The van der Waals surface area contributed by atoms with Crippen LogP contribution in [-0.2, 0) is 9.53 Å². The summed E-state index contributed by atoms with van der Waals surface area (Å²) in [6.07, 6.45) is 6.99. The Bertz CT molecular complexity index is 570. The zero-order chi connectivity index (χ0) is 17.4. The van der Waals surface area contributed by atoms with E-state index in [-0.39, 0.29) is 17.3 Å². The van der Waals surface area contributed by atoms with Gasteiger partial charge in [0.25, 0.3) is 5.91 Å². The summed E-state index contributed by atoms with van der Waals surface area (Å²) in [6.45, 7) is 5.42. The minimum atomic E-state index is -0.170. The Balaban J connectivity index is 2.04. The minimum Gasteiger partial charge on any atom is -0.469 e. The first-order chi connectivity index (χ1) is 11.6. The highest BCUT2D eigenvalue weighted by molar-refractivity contribution is 5.94. The minimum absolute atomic E-state index is 0.0263. The zero-order valence-electron chi connectivity index (χ0n) is 14.5. The number of esters is 1. The first-order valence-electron chi connectivity index (χ1n) is 8.62. The van der Waals surface area contributed by atoms with Crippen LogP contribution < -0.4 is 0 Å². The first-order valence-corrected chi connectivity index (χ1v) is 8.62. The number of carbonyl (C=O) groups is 2. The fourth-order valence-corrected chi connectivity index (χ4v) is 3.63. The molecule has 1 atom stereocenters. The fraction of sp³-hybridized carbons (Fsp3) is 0.500. The van der Waals surface area contributed by atoms with Crippen molar-refractivity contribution < 1.29 is 14.3 Å². The maximum absolute atomic E-state index is 12.7. The predicted octanol–water partition coefficient (Wildman–Crippen LogP) is 3.83. The molecule has 0 aromatic heterocycles. The van der Waals surface area contributed by atoms with Gasteiger partial charge >= 0.3 is 5.97 Å². The molecule has 4 nitrogen and oxygen atoms in total. The third kappa shape index (κ3) is 4.70. The standard InChI is InChI=1S/C20H27NO3/c1-3-12-20(13-7-11-18(22)24-2)14-8-15-21(16-20)19(23)17-9-5-4-6-10-17/h3-6,9-10H,1,7-8,11-16H2,2H3/t20-/m0/s1. The van der Waals surface area contributed by atoms with Crippen LogP contribution in [0.1, 0.15) is 48.9 Å². The summed E-state index contributed by atoms with van der Waals surface area (Å²) in [6, 6.07) is 9.43. The van der Waals surface area contributed by atoms with Crippen LogP contribution >= 0.6 is 0 Å². The molecule has 0 N–H and O–H groups in total. The number of allylic oxidation sites excluding steroid dienone is 1. The van der Waals surface area contributed by atoms with Crippen LogP contribution in [0, 0.1) is 5.41 Å². The van der Waals surface area contributed by atoms with Crippen molar-refractivity contribution in [3.8, 4) is 0 Å². The van der Waals surface area contributed by atoms with Crippen molar-refractivity contribution in [1.29, 1.82) is 0 Å². The number of carbonyl (C=O) groups excluding carboxylic acids is 2. The molecule has 1 aromatic rings. The Labute approximate surface area is 144 Å². The summed E-state index contributed by atoms with van der Waals surface area (Å²) in [5.41, 5.74) is 0.764. The van der Waals surface area contributed by atoms with Gasteiger partial charge in [-0.2, -0.15) is 0 Å². The number of likely N-dealkylation sites (tertiary alicyclic amines) is 1. The lowest BCUT2D eigenvalue weighted by molar-refractivity contribution is -0.140. The van der Waals surface area contributed by atoms with Gasteiger partial charge in [0, 0.05) is 25.1 Å². The SMILES string of the molecule is C=CC[C@]1(CCCC(=O)OC)CCCN(C(=O)c2ccccc2)C1. The lowest BCUT2D eigenvalue weighted by Crippen LogP contribution is -2.46. The zero-order valence-corrected chi connectivity index (χ0v) is 14.5. The third-order valence-electron chi connectivity index (χ3n) is 4.86. The summed E-state index contributed by atoms with van der Waals surface area (Å²) in [7, 11) is 1.42. The smallest absolute Gasteiger partial charge is 0.305 e. The molecule has 1 saturated heterocycles. The number of ether oxygens (including phenoxy) is 1. The summed E-state index contributed by atoms with van der Waals surface area (Å²) in [5.74, 6) is -0.0755. The van der Waals surface area contributed by atoms with E-state index in [4.69, 9.17) is 4.74 Å². The maximum atomic E-state index is 12.7. The van der Waals surface area contributed by atoms with Crippen LogP contribution in [-0.4, -0.2) is 37.0 Å². The molecule has 0 bridgehead atoms. The molecule has 1 fully saturated rings. The van der Waals surface area contributed by atoms with E-state index in [1.165, 1.54) is 7.11 Å². The van der Waals surface area contributed by atoms with Gasteiger partial charge in [0.15, 0.2) is 0 Å². The quantitative estimate of drug-likeness (QED) is 0.564. The number of methoxy groups -OCH3 is 1. The first kappa shape index (κ1) is 18.2. The lowest BCUT2D eigenvalue weighted by atomic mass is 9.73. The number of piperidine rings is 1. The van der Waals surface area contributed by atoms with E-state index in [1.807, 2.05) is 41.3 Å². The number of hydrogen-bond donors (Lipinski definition) is 0. The van der Waals surface area contributed by atoms with E-state index in [0.29, 0.717) is 6.42 Å². The van der Waals surface area contributed by atoms with Gasteiger partial charge in [0.05, 0.1) is 7.11 Å². The van der Waals surface area contributed by atoms with Gasteiger partial charge in [-0.05, 0) is 49.7 Å². The number of benzene rings is 1. The molecule has 2 rings (SSSR count). The highest BCUT2D eigenvalue weighted by Gasteiger charge is 2.36. The number of rotatable bonds is 7. The van der Waals surface area contributed by atoms with Crippen molar-refractivity contribution >= 4 is 11.9 Å². The molecule has 1 aromatic carbocycles. The Kier molecular flexibility index (Phi) is 6.59. The van der Waals surface area contributed by atoms with Gasteiger partial charge in [-0.15, -0.1) is 6.58 Å². The molecule has 1 heterocycles. The monoisotopic (exact) mass is 329 g/mol. The predicted molar refractivity (Wildman–Crippen MR) is 94.7 cm³/mol. The largest absolute Gasteiger partial charge is 0.469 e. The average molecular weight is 329 g/mol. The molecular formula is C20H27NO3. The Morgan fingerprint density at radius 3 is 2.75 bits per heavy atom. The fourth-order valence-electron chi connectivity index (χ4n) is 3.63. The summed E-state index contributed by atoms with van der Waals surface area (Å²) in [5, 5.41) is 0. The third-order valence-corrected chi connectivity index (χ3v) is 4.86. The van der Waals surface area contributed by atoms with Crippen molar-refractivity contribution in [1.82, 2.24) is 4.90 Å². The molecule has 0 aliphatic carbocycles. The van der Waals surface area contributed by atoms with E-state index in [1.54, 1.807) is 0 Å². The van der Waals surface area contributed by atoms with Crippen molar-refractivity contribution in [2.45, 2.75) is 38.5 Å². The molecule has 4 heteroatoms. The van der Waals surface area contributed by atoms with Crippen LogP contribution in [0.4, 0.5) is 0 Å². The van der Waals surface area contributed by atoms with Crippen molar-refractivity contribution in [3.05, 3.63) is 48.6 Å². The molecule has 130 valence electrons. The van der Waals surface area contributed by atoms with Crippen LogP contribution in [0.3, 0.4) is 0 Å². The second-order valence-electron chi connectivity index (χ2n) is 6.62. The summed E-state index contributed by atoms with van der Waals surface area (Å²) in [4.78, 5) is 26.1. The molecule has 0 radical (unpaired) electrons. The van der Waals surface area contributed by atoms with E-state index in [9.17, 15) is 9.59 Å². The van der Waals surface area contributed by atoms with Crippen LogP contribution in [0.25, 0.3) is 0 Å². The Hall–Kier alpha value is -2.10. The highest BCUT2D eigenvalue weighted by atomic mass is 16.5. The van der Waals surface area contributed by atoms with E-state index in [2.05, 4.69) is 6.58 Å². The molecule has 1 aliphatic rings. The summed E-state index contributed by atoms with van der Waals surface area (Å²) >= 11 is 0. The van der Waals surface area contributed by atoms with Crippen LogP contribution in [0.15, 0.2) is 43.0 Å². The Morgan fingerprint density at radius 1 is 1.33 bits per heavy atom. The van der Waals surface area contributed by atoms with Gasteiger partial charge in [-0.25, -0.2) is 0 Å².